The van der Waals surface area contributed by atoms with Crippen LogP contribution in [0.4, 0.5) is 0 Å². The van der Waals surface area contributed by atoms with Crippen LogP contribution in [0.15, 0.2) is 24.3 Å². The van der Waals surface area contributed by atoms with E-state index in [0.29, 0.717) is 0 Å². The summed E-state index contributed by atoms with van der Waals surface area (Å²) in [6, 6.07) is 8.18. The van der Waals surface area contributed by atoms with E-state index < -0.39 is 0 Å². The molecule has 1 aliphatic rings. The summed E-state index contributed by atoms with van der Waals surface area (Å²) in [5.74, 6) is 0.966. The smallest absolute Gasteiger partial charge is 0.124 e. The fourth-order valence-corrected chi connectivity index (χ4v) is 1.94. The van der Waals surface area contributed by atoms with Crippen LogP contribution in [0.25, 0.3) is 0 Å². The van der Waals surface area contributed by atoms with Crippen molar-refractivity contribution in [2.45, 2.75) is 26.5 Å². The Morgan fingerprint density at radius 3 is 2.72 bits per heavy atom. The number of hydrogen-bond donors (Lipinski definition) is 1. The maximum absolute atomic E-state index is 5.80. The molecule has 0 atom stereocenters. The molecule has 0 radical (unpaired) electrons. The Bertz CT molecular complexity index is 363. The van der Waals surface area contributed by atoms with Crippen molar-refractivity contribution in [2.24, 2.45) is 0 Å². The predicted molar refractivity (Wildman–Crippen MR) is 71.4 cm³/mol. The second-order valence-electron chi connectivity index (χ2n) is 4.71. The summed E-state index contributed by atoms with van der Waals surface area (Å²) >= 11 is 0. The lowest BCUT2D eigenvalue weighted by Gasteiger charge is -2.27. The molecule has 1 saturated heterocycles. The molecule has 0 aromatic heterocycles. The SMILES string of the molecule is CC(C)Oc1ccccc1CNN1CCOCC1. The third-order valence-electron chi connectivity index (χ3n) is 2.84. The molecule has 0 bridgehead atoms. The highest BCUT2D eigenvalue weighted by Gasteiger charge is 2.11. The molecule has 0 saturated carbocycles. The second kappa shape index (κ2) is 6.73. The van der Waals surface area contributed by atoms with Crippen molar-refractivity contribution in [3.05, 3.63) is 29.8 Å². The first kappa shape index (κ1) is 13.3. The molecule has 0 aliphatic carbocycles. The minimum absolute atomic E-state index is 0.203. The second-order valence-corrected chi connectivity index (χ2v) is 4.71. The van der Waals surface area contributed by atoms with E-state index in [0.717, 1.165) is 38.6 Å². The number of benzene rings is 1. The molecule has 1 N–H and O–H groups in total. The zero-order valence-corrected chi connectivity index (χ0v) is 11.2. The van der Waals surface area contributed by atoms with E-state index in [2.05, 4.69) is 16.5 Å². The number of hydrazine groups is 1. The molecule has 1 aromatic carbocycles. The quantitative estimate of drug-likeness (QED) is 0.864. The van der Waals surface area contributed by atoms with Crippen molar-refractivity contribution < 1.29 is 9.47 Å². The van der Waals surface area contributed by atoms with Gasteiger partial charge in [-0.25, -0.2) is 5.01 Å². The molecule has 1 aromatic rings. The molecule has 1 heterocycles. The van der Waals surface area contributed by atoms with Crippen LogP contribution in [0, 0.1) is 0 Å². The van der Waals surface area contributed by atoms with Crippen molar-refractivity contribution in [3.8, 4) is 5.75 Å². The average molecular weight is 250 g/mol. The summed E-state index contributed by atoms with van der Waals surface area (Å²) in [7, 11) is 0. The Morgan fingerprint density at radius 2 is 2.00 bits per heavy atom. The van der Waals surface area contributed by atoms with Crippen LogP contribution in [0.3, 0.4) is 0 Å². The van der Waals surface area contributed by atoms with E-state index in [9.17, 15) is 0 Å². The van der Waals surface area contributed by atoms with Gasteiger partial charge in [-0.1, -0.05) is 18.2 Å². The summed E-state index contributed by atoms with van der Waals surface area (Å²) in [4.78, 5) is 0. The van der Waals surface area contributed by atoms with Crippen molar-refractivity contribution in [1.29, 1.82) is 0 Å². The lowest BCUT2D eigenvalue weighted by molar-refractivity contribution is 0.0104. The monoisotopic (exact) mass is 250 g/mol. The van der Waals surface area contributed by atoms with Crippen LogP contribution in [0.1, 0.15) is 19.4 Å². The number of hydrogen-bond acceptors (Lipinski definition) is 4. The third kappa shape index (κ3) is 3.98. The number of rotatable bonds is 5. The molecule has 1 aliphatic heterocycles. The normalized spacial score (nSPS) is 17.1. The van der Waals surface area contributed by atoms with Gasteiger partial charge in [-0.15, -0.1) is 0 Å². The van der Waals surface area contributed by atoms with E-state index in [1.54, 1.807) is 0 Å². The molecular weight excluding hydrogens is 228 g/mol. The summed E-state index contributed by atoms with van der Waals surface area (Å²) in [6.45, 7) is 8.37. The van der Waals surface area contributed by atoms with E-state index >= 15 is 0 Å². The summed E-state index contributed by atoms with van der Waals surface area (Å²) in [5.41, 5.74) is 4.62. The summed E-state index contributed by atoms with van der Waals surface area (Å²) in [6.07, 6.45) is 0.203. The molecule has 0 spiro atoms. The minimum atomic E-state index is 0.203. The van der Waals surface area contributed by atoms with Crippen molar-refractivity contribution in [3.63, 3.8) is 0 Å². The molecule has 2 rings (SSSR count). The molecule has 4 heteroatoms. The number of nitrogens with one attached hydrogen (secondary N) is 1. The van der Waals surface area contributed by atoms with E-state index in [-0.39, 0.29) is 6.10 Å². The lowest BCUT2D eigenvalue weighted by atomic mass is 10.2. The molecular formula is C14H22N2O2. The van der Waals surface area contributed by atoms with Gasteiger partial charge in [0.2, 0.25) is 0 Å². The molecule has 18 heavy (non-hydrogen) atoms. The number of nitrogens with zero attached hydrogens (tertiary/aromatic N) is 1. The van der Waals surface area contributed by atoms with Gasteiger partial charge in [0.15, 0.2) is 0 Å². The highest BCUT2D eigenvalue weighted by atomic mass is 16.5. The first-order valence-corrected chi connectivity index (χ1v) is 6.56. The van der Waals surface area contributed by atoms with Gasteiger partial charge >= 0.3 is 0 Å². The van der Waals surface area contributed by atoms with Gasteiger partial charge in [-0.3, -0.25) is 5.43 Å². The maximum atomic E-state index is 5.80. The lowest BCUT2D eigenvalue weighted by Crippen LogP contribution is -2.45. The van der Waals surface area contributed by atoms with Crippen LogP contribution in [0.5, 0.6) is 5.75 Å². The third-order valence-corrected chi connectivity index (χ3v) is 2.84. The summed E-state index contributed by atoms with van der Waals surface area (Å²) in [5, 5.41) is 2.20. The zero-order valence-electron chi connectivity index (χ0n) is 11.2. The highest BCUT2D eigenvalue weighted by Crippen LogP contribution is 2.19. The molecule has 100 valence electrons. The van der Waals surface area contributed by atoms with Gasteiger partial charge in [-0.05, 0) is 19.9 Å². The van der Waals surface area contributed by atoms with Crippen molar-refractivity contribution in [2.75, 3.05) is 26.3 Å². The predicted octanol–water partition coefficient (Wildman–Crippen LogP) is 1.81. The number of morpholine rings is 1. The fourth-order valence-electron chi connectivity index (χ4n) is 1.94. The van der Waals surface area contributed by atoms with E-state index in [4.69, 9.17) is 9.47 Å². The largest absolute Gasteiger partial charge is 0.491 e. The molecule has 1 fully saturated rings. The fraction of sp³-hybridized carbons (Fsp3) is 0.571. The Morgan fingerprint density at radius 1 is 1.28 bits per heavy atom. The molecule has 4 nitrogen and oxygen atoms in total. The van der Waals surface area contributed by atoms with Gasteiger partial charge in [0, 0.05) is 25.2 Å². The standard InChI is InChI=1S/C14H22N2O2/c1-12(2)18-14-6-4-3-5-13(14)11-15-16-7-9-17-10-8-16/h3-6,12,15H,7-11H2,1-2H3. The van der Waals surface area contributed by atoms with E-state index in [1.807, 2.05) is 32.0 Å². The first-order valence-electron chi connectivity index (χ1n) is 6.56. The van der Waals surface area contributed by atoms with E-state index in [1.165, 1.54) is 5.56 Å². The topological polar surface area (TPSA) is 33.7 Å². The van der Waals surface area contributed by atoms with Crippen LogP contribution >= 0.6 is 0 Å². The minimum Gasteiger partial charge on any atom is -0.491 e. The van der Waals surface area contributed by atoms with Crippen LogP contribution in [0.2, 0.25) is 0 Å². The highest BCUT2D eigenvalue weighted by molar-refractivity contribution is 5.33. The van der Waals surface area contributed by atoms with Crippen LogP contribution < -0.4 is 10.2 Å². The first-order chi connectivity index (χ1) is 8.75. The molecule has 0 unspecified atom stereocenters. The van der Waals surface area contributed by atoms with Crippen molar-refractivity contribution >= 4 is 0 Å². The van der Waals surface area contributed by atoms with Gasteiger partial charge in [0.1, 0.15) is 5.75 Å². The van der Waals surface area contributed by atoms with Gasteiger partial charge in [0.25, 0.3) is 0 Å². The maximum Gasteiger partial charge on any atom is 0.124 e. The van der Waals surface area contributed by atoms with Gasteiger partial charge in [-0.2, -0.15) is 0 Å². The Hall–Kier alpha value is -1.10. The van der Waals surface area contributed by atoms with Crippen LogP contribution in [-0.4, -0.2) is 37.4 Å². The van der Waals surface area contributed by atoms with Crippen molar-refractivity contribution in [1.82, 2.24) is 10.4 Å². The Labute approximate surface area is 109 Å². The number of para-hydroxylation sites is 1. The number of ether oxygens (including phenoxy) is 2. The van der Waals surface area contributed by atoms with Crippen LogP contribution in [-0.2, 0) is 11.3 Å². The average Bonchev–Trinajstić information content (AvgIpc) is 2.38. The molecule has 0 amide bonds. The zero-order chi connectivity index (χ0) is 12.8. The van der Waals surface area contributed by atoms with Gasteiger partial charge < -0.3 is 9.47 Å². The Kier molecular flexibility index (Phi) is 4.99. The Balaban J connectivity index is 1.91. The summed E-state index contributed by atoms with van der Waals surface area (Å²) < 4.78 is 11.1. The van der Waals surface area contributed by atoms with Gasteiger partial charge in [0.05, 0.1) is 19.3 Å².